The summed E-state index contributed by atoms with van der Waals surface area (Å²) in [5.74, 6) is 2.80. The minimum atomic E-state index is 0.608. The van der Waals surface area contributed by atoms with Gasteiger partial charge in [-0.2, -0.15) is 4.98 Å². The highest BCUT2D eigenvalue weighted by molar-refractivity contribution is 5.46. The number of nitrogens with one attached hydrogen (secondary N) is 2. The molecular weight excluding hydrogens is 352 g/mol. The summed E-state index contributed by atoms with van der Waals surface area (Å²) in [6.07, 6.45) is 0. The van der Waals surface area contributed by atoms with Crippen molar-refractivity contribution < 1.29 is 9.47 Å². The van der Waals surface area contributed by atoms with Crippen LogP contribution in [0, 0.1) is 13.8 Å². The number of methoxy groups -OCH3 is 2. The highest BCUT2D eigenvalue weighted by Crippen LogP contribution is 2.27. The summed E-state index contributed by atoms with van der Waals surface area (Å²) >= 11 is 0. The molecule has 2 aromatic carbocycles. The second-order valence-corrected chi connectivity index (χ2v) is 6.60. The van der Waals surface area contributed by atoms with Crippen LogP contribution in [0.2, 0.25) is 0 Å². The molecule has 0 saturated heterocycles. The molecule has 0 aliphatic heterocycles. The summed E-state index contributed by atoms with van der Waals surface area (Å²) < 4.78 is 10.6. The number of nitrogens with zero attached hydrogens (tertiary/aromatic N) is 2. The van der Waals surface area contributed by atoms with Gasteiger partial charge in [0.15, 0.2) is 11.5 Å². The molecule has 0 amide bonds. The van der Waals surface area contributed by atoms with Crippen LogP contribution < -0.4 is 20.1 Å². The second kappa shape index (κ2) is 9.08. The normalized spacial score (nSPS) is 10.4. The number of aromatic nitrogens is 2. The summed E-state index contributed by atoms with van der Waals surface area (Å²) in [6, 6.07) is 16.2. The van der Waals surface area contributed by atoms with Crippen LogP contribution in [0.4, 0.5) is 11.8 Å². The van der Waals surface area contributed by atoms with E-state index in [1.807, 2.05) is 31.2 Å². The van der Waals surface area contributed by atoms with Gasteiger partial charge in [-0.25, -0.2) is 4.98 Å². The molecule has 3 rings (SSSR count). The Labute approximate surface area is 166 Å². The van der Waals surface area contributed by atoms with Crippen LogP contribution >= 0.6 is 0 Å². The van der Waals surface area contributed by atoms with E-state index in [0.29, 0.717) is 30.5 Å². The molecule has 0 radical (unpaired) electrons. The quantitative estimate of drug-likeness (QED) is 0.608. The van der Waals surface area contributed by atoms with Gasteiger partial charge in [0, 0.05) is 24.8 Å². The fourth-order valence-corrected chi connectivity index (χ4v) is 2.92. The SMILES string of the molecule is COc1ccc(CNc2cc(C)nc(NCc3cccc(C)c3)n2)cc1OC. The van der Waals surface area contributed by atoms with Crippen LogP contribution in [0.3, 0.4) is 0 Å². The number of ether oxygens (including phenoxy) is 2. The molecule has 1 aromatic heterocycles. The van der Waals surface area contributed by atoms with Gasteiger partial charge in [0.05, 0.1) is 14.2 Å². The van der Waals surface area contributed by atoms with Gasteiger partial charge >= 0.3 is 0 Å². The standard InChI is InChI=1S/C22H26N4O2/c1-15-6-5-7-17(10-15)14-24-22-25-16(2)11-21(26-22)23-13-18-8-9-19(27-3)20(12-18)28-4/h5-12H,13-14H2,1-4H3,(H2,23,24,25,26). The number of anilines is 2. The van der Waals surface area contributed by atoms with Gasteiger partial charge in [-0.1, -0.05) is 35.9 Å². The molecule has 0 atom stereocenters. The summed E-state index contributed by atoms with van der Waals surface area (Å²) in [7, 11) is 3.26. The van der Waals surface area contributed by atoms with E-state index in [1.54, 1.807) is 14.2 Å². The van der Waals surface area contributed by atoms with E-state index in [4.69, 9.17) is 9.47 Å². The molecule has 6 nitrogen and oxygen atoms in total. The minimum absolute atomic E-state index is 0.608. The average molecular weight is 378 g/mol. The van der Waals surface area contributed by atoms with Crippen molar-refractivity contribution in [3.8, 4) is 11.5 Å². The first-order chi connectivity index (χ1) is 13.6. The third kappa shape index (κ3) is 5.13. The first kappa shape index (κ1) is 19.5. The van der Waals surface area contributed by atoms with E-state index in [9.17, 15) is 0 Å². The van der Waals surface area contributed by atoms with E-state index < -0.39 is 0 Å². The molecule has 0 spiro atoms. The van der Waals surface area contributed by atoms with Crippen molar-refractivity contribution in [2.75, 3.05) is 24.9 Å². The van der Waals surface area contributed by atoms with Gasteiger partial charge in [0.2, 0.25) is 5.95 Å². The fraction of sp³-hybridized carbons (Fsp3) is 0.273. The summed E-state index contributed by atoms with van der Waals surface area (Å²) in [5, 5.41) is 6.65. The van der Waals surface area contributed by atoms with Gasteiger partial charge in [0.25, 0.3) is 0 Å². The van der Waals surface area contributed by atoms with Gasteiger partial charge in [-0.05, 0) is 37.1 Å². The second-order valence-electron chi connectivity index (χ2n) is 6.60. The molecule has 28 heavy (non-hydrogen) atoms. The maximum Gasteiger partial charge on any atom is 0.225 e. The zero-order chi connectivity index (χ0) is 19.9. The molecule has 0 bridgehead atoms. The number of aryl methyl sites for hydroxylation is 2. The van der Waals surface area contributed by atoms with Crippen molar-refractivity contribution in [2.45, 2.75) is 26.9 Å². The van der Waals surface area contributed by atoms with Crippen molar-refractivity contribution in [1.82, 2.24) is 9.97 Å². The van der Waals surface area contributed by atoms with Crippen LogP contribution in [0.1, 0.15) is 22.4 Å². The number of hydrogen-bond acceptors (Lipinski definition) is 6. The lowest BCUT2D eigenvalue weighted by molar-refractivity contribution is 0.354. The Kier molecular flexibility index (Phi) is 6.32. The predicted octanol–water partition coefficient (Wildman–Crippen LogP) is 4.33. The highest BCUT2D eigenvalue weighted by Gasteiger charge is 2.06. The van der Waals surface area contributed by atoms with Gasteiger partial charge in [-0.3, -0.25) is 0 Å². The topological polar surface area (TPSA) is 68.3 Å². The largest absolute Gasteiger partial charge is 0.493 e. The molecule has 3 aromatic rings. The van der Waals surface area contributed by atoms with Crippen molar-refractivity contribution in [3.63, 3.8) is 0 Å². The molecule has 0 fully saturated rings. The summed E-state index contributed by atoms with van der Waals surface area (Å²) in [4.78, 5) is 9.05. The summed E-state index contributed by atoms with van der Waals surface area (Å²) in [5.41, 5.74) is 4.41. The Morgan fingerprint density at radius 2 is 1.54 bits per heavy atom. The smallest absolute Gasteiger partial charge is 0.225 e. The predicted molar refractivity (Wildman–Crippen MR) is 112 cm³/mol. The Balaban J connectivity index is 1.66. The molecule has 146 valence electrons. The lowest BCUT2D eigenvalue weighted by atomic mass is 10.1. The van der Waals surface area contributed by atoms with Crippen molar-refractivity contribution in [3.05, 3.63) is 70.9 Å². The van der Waals surface area contributed by atoms with Crippen molar-refractivity contribution in [1.29, 1.82) is 0 Å². The Morgan fingerprint density at radius 3 is 2.29 bits per heavy atom. The molecule has 0 saturated carbocycles. The van der Waals surface area contributed by atoms with E-state index in [2.05, 4.69) is 51.8 Å². The third-order valence-electron chi connectivity index (χ3n) is 4.31. The van der Waals surface area contributed by atoms with Gasteiger partial charge < -0.3 is 20.1 Å². The molecule has 1 heterocycles. The molecule has 0 aliphatic carbocycles. The zero-order valence-electron chi connectivity index (χ0n) is 16.7. The van der Waals surface area contributed by atoms with Crippen LogP contribution in [0.25, 0.3) is 0 Å². The maximum atomic E-state index is 5.36. The van der Waals surface area contributed by atoms with Crippen molar-refractivity contribution in [2.24, 2.45) is 0 Å². The van der Waals surface area contributed by atoms with Crippen LogP contribution in [0.5, 0.6) is 11.5 Å². The van der Waals surface area contributed by atoms with Crippen LogP contribution in [-0.4, -0.2) is 24.2 Å². The van der Waals surface area contributed by atoms with E-state index in [0.717, 1.165) is 17.1 Å². The average Bonchev–Trinajstić information content (AvgIpc) is 2.70. The van der Waals surface area contributed by atoms with Gasteiger partial charge in [0.1, 0.15) is 5.82 Å². The molecule has 2 N–H and O–H groups in total. The van der Waals surface area contributed by atoms with Gasteiger partial charge in [-0.15, -0.1) is 0 Å². The third-order valence-corrected chi connectivity index (χ3v) is 4.31. The number of rotatable bonds is 8. The minimum Gasteiger partial charge on any atom is -0.493 e. The highest BCUT2D eigenvalue weighted by atomic mass is 16.5. The fourth-order valence-electron chi connectivity index (χ4n) is 2.92. The van der Waals surface area contributed by atoms with Crippen LogP contribution in [-0.2, 0) is 13.1 Å². The lowest BCUT2D eigenvalue weighted by Gasteiger charge is -2.12. The van der Waals surface area contributed by atoms with E-state index in [-0.39, 0.29) is 0 Å². The monoisotopic (exact) mass is 378 g/mol. The molecular formula is C22H26N4O2. The number of hydrogen-bond donors (Lipinski definition) is 2. The molecule has 0 unspecified atom stereocenters. The molecule has 0 aliphatic rings. The first-order valence-electron chi connectivity index (χ1n) is 9.17. The first-order valence-corrected chi connectivity index (χ1v) is 9.17. The van der Waals surface area contributed by atoms with E-state index in [1.165, 1.54) is 11.1 Å². The summed E-state index contributed by atoms with van der Waals surface area (Å²) in [6.45, 7) is 5.35. The maximum absolute atomic E-state index is 5.36. The molecule has 6 heteroatoms. The zero-order valence-corrected chi connectivity index (χ0v) is 16.7. The van der Waals surface area contributed by atoms with Crippen molar-refractivity contribution >= 4 is 11.8 Å². The Morgan fingerprint density at radius 1 is 0.786 bits per heavy atom. The Hall–Kier alpha value is -3.28. The lowest BCUT2D eigenvalue weighted by Crippen LogP contribution is -2.08. The Bertz CT molecular complexity index is 944. The number of benzene rings is 2. The van der Waals surface area contributed by atoms with Crippen LogP contribution in [0.15, 0.2) is 48.5 Å². The van der Waals surface area contributed by atoms with E-state index >= 15 is 0 Å².